The number of primary amides is 1. The Kier molecular flexibility index (Phi) is 5.14. The molecule has 1 amide bonds. The van der Waals surface area contributed by atoms with Crippen LogP contribution in [0.5, 0.6) is 11.5 Å². The number of ether oxygens (including phenoxy) is 4. The molecule has 0 bridgehead atoms. The van der Waals surface area contributed by atoms with Crippen molar-refractivity contribution in [3.05, 3.63) is 39.3 Å². The largest absolute Gasteiger partial charge is 0.493 e. The third-order valence-electron chi connectivity index (χ3n) is 4.32. The zero-order valence-corrected chi connectivity index (χ0v) is 16.4. The average molecular weight is 406 g/mol. The number of cyclic esters (lactones) is 1. The molecule has 0 saturated heterocycles. The topological polar surface area (TPSA) is 126 Å². The molecule has 0 unspecified atom stereocenters. The molecule has 1 aliphatic heterocycles. The second kappa shape index (κ2) is 7.39. The first-order chi connectivity index (χ1) is 13.3. The van der Waals surface area contributed by atoms with Crippen LogP contribution in [0.15, 0.2) is 12.1 Å². The van der Waals surface area contributed by atoms with Gasteiger partial charge in [0.1, 0.15) is 15.4 Å². The first-order valence-corrected chi connectivity index (χ1v) is 8.89. The summed E-state index contributed by atoms with van der Waals surface area (Å²) in [7, 11) is 4.12. The van der Waals surface area contributed by atoms with Gasteiger partial charge >= 0.3 is 11.9 Å². The van der Waals surface area contributed by atoms with E-state index in [1.165, 1.54) is 21.3 Å². The molecule has 2 aromatic rings. The minimum Gasteiger partial charge on any atom is -0.493 e. The van der Waals surface area contributed by atoms with E-state index in [1.807, 2.05) is 0 Å². The SMILES string of the molecule is COC(=O)c1sc(N[C@H]2OC(=O)c3c2ccc(OC)c3OC)c(C(N)=O)c1C. The van der Waals surface area contributed by atoms with Gasteiger partial charge in [0.25, 0.3) is 5.91 Å². The molecule has 148 valence electrons. The minimum atomic E-state index is -0.899. The number of hydrogen-bond acceptors (Lipinski definition) is 9. The zero-order chi connectivity index (χ0) is 20.6. The number of amides is 1. The van der Waals surface area contributed by atoms with Crippen molar-refractivity contribution in [2.45, 2.75) is 13.2 Å². The number of nitrogens with one attached hydrogen (secondary N) is 1. The van der Waals surface area contributed by atoms with E-state index in [0.717, 1.165) is 11.3 Å². The van der Waals surface area contributed by atoms with Gasteiger partial charge in [0.15, 0.2) is 11.5 Å². The maximum absolute atomic E-state index is 12.4. The normalized spacial score (nSPS) is 14.9. The molecular weight excluding hydrogens is 388 g/mol. The van der Waals surface area contributed by atoms with Crippen molar-refractivity contribution in [1.29, 1.82) is 0 Å². The number of fused-ring (bicyclic) bond motifs is 1. The third kappa shape index (κ3) is 3.01. The first kappa shape index (κ1) is 19.5. The highest BCUT2D eigenvalue weighted by Crippen LogP contribution is 2.43. The van der Waals surface area contributed by atoms with Gasteiger partial charge < -0.3 is 30.0 Å². The van der Waals surface area contributed by atoms with Crippen molar-refractivity contribution in [2.24, 2.45) is 5.73 Å². The molecule has 0 saturated carbocycles. The third-order valence-corrected chi connectivity index (χ3v) is 5.52. The van der Waals surface area contributed by atoms with Crippen LogP contribution >= 0.6 is 11.3 Å². The summed E-state index contributed by atoms with van der Waals surface area (Å²) in [5.74, 6) is -1.28. The lowest BCUT2D eigenvalue weighted by molar-refractivity contribution is 0.0435. The fourth-order valence-corrected chi connectivity index (χ4v) is 4.17. The molecule has 3 rings (SSSR count). The number of hydrogen-bond donors (Lipinski definition) is 2. The van der Waals surface area contributed by atoms with Crippen molar-refractivity contribution >= 4 is 34.2 Å². The highest BCUT2D eigenvalue weighted by molar-refractivity contribution is 7.18. The summed E-state index contributed by atoms with van der Waals surface area (Å²) in [6.07, 6.45) is -0.899. The van der Waals surface area contributed by atoms with Crippen LogP contribution in [0.4, 0.5) is 5.00 Å². The number of esters is 2. The molecule has 0 fully saturated rings. The van der Waals surface area contributed by atoms with Crippen molar-refractivity contribution in [2.75, 3.05) is 26.6 Å². The summed E-state index contributed by atoms with van der Waals surface area (Å²) in [4.78, 5) is 36.5. The standard InChI is InChI=1S/C18H18N2O7S/c1-7-10(14(19)21)16(28-13(7)18(23)26-4)20-15-8-5-6-9(24-2)12(25-3)11(8)17(22)27-15/h5-6,15,20H,1-4H3,(H2,19,21)/t15-/m0/s1. The van der Waals surface area contributed by atoms with Crippen molar-refractivity contribution < 1.29 is 33.3 Å². The fourth-order valence-electron chi connectivity index (χ4n) is 3.03. The number of methoxy groups -OCH3 is 3. The summed E-state index contributed by atoms with van der Waals surface area (Å²) in [6.45, 7) is 1.59. The first-order valence-electron chi connectivity index (χ1n) is 8.07. The molecule has 0 aliphatic carbocycles. The second-order valence-corrected chi connectivity index (χ2v) is 6.83. The van der Waals surface area contributed by atoms with Crippen LogP contribution in [0, 0.1) is 6.92 Å². The molecule has 1 aromatic carbocycles. The summed E-state index contributed by atoms with van der Waals surface area (Å²) in [6, 6.07) is 3.30. The Morgan fingerprint density at radius 1 is 1.21 bits per heavy atom. The van der Waals surface area contributed by atoms with Gasteiger partial charge in [-0.05, 0) is 24.6 Å². The number of carbonyl (C=O) groups is 3. The Labute approximate surface area is 164 Å². The van der Waals surface area contributed by atoms with E-state index >= 15 is 0 Å². The molecule has 0 radical (unpaired) electrons. The van der Waals surface area contributed by atoms with Gasteiger partial charge in [-0.1, -0.05) is 0 Å². The van der Waals surface area contributed by atoms with Gasteiger partial charge in [-0.25, -0.2) is 9.59 Å². The van der Waals surface area contributed by atoms with Crippen LogP contribution in [0.1, 0.15) is 47.7 Å². The molecule has 1 atom stereocenters. The molecule has 1 aromatic heterocycles. The highest BCUT2D eigenvalue weighted by atomic mass is 32.1. The molecular formula is C18H18N2O7S. The Balaban J connectivity index is 2.05. The van der Waals surface area contributed by atoms with Crippen LogP contribution < -0.4 is 20.5 Å². The highest BCUT2D eigenvalue weighted by Gasteiger charge is 2.37. The summed E-state index contributed by atoms with van der Waals surface area (Å²) in [5.41, 5.74) is 6.74. The Morgan fingerprint density at radius 3 is 2.50 bits per heavy atom. The van der Waals surface area contributed by atoms with E-state index in [2.05, 4.69) is 5.32 Å². The van der Waals surface area contributed by atoms with E-state index in [0.29, 0.717) is 21.9 Å². The molecule has 0 spiro atoms. The van der Waals surface area contributed by atoms with Crippen LogP contribution in [0.2, 0.25) is 0 Å². The van der Waals surface area contributed by atoms with Gasteiger partial charge in [0.2, 0.25) is 6.23 Å². The van der Waals surface area contributed by atoms with Crippen LogP contribution in [0.25, 0.3) is 0 Å². The van der Waals surface area contributed by atoms with E-state index in [4.69, 9.17) is 24.7 Å². The van der Waals surface area contributed by atoms with E-state index < -0.39 is 24.1 Å². The van der Waals surface area contributed by atoms with Crippen molar-refractivity contribution in [1.82, 2.24) is 0 Å². The monoisotopic (exact) mass is 406 g/mol. The Morgan fingerprint density at radius 2 is 1.93 bits per heavy atom. The molecule has 9 nitrogen and oxygen atoms in total. The quantitative estimate of drug-likeness (QED) is 0.700. The van der Waals surface area contributed by atoms with Gasteiger partial charge in [-0.2, -0.15) is 0 Å². The number of carbonyl (C=O) groups excluding carboxylic acids is 3. The fraction of sp³-hybridized carbons (Fsp3) is 0.278. The second-order valence-electron chi connectivity index (χ2n) is 5.81. The van der Waals surface area contributed by atoms with Crippen molar-refractivity contribution in [3.63, 3.8) is 0 Å². The molecule has 2 heterocycles. The lowest BCUT2D eigenvalue weighted by atomic mass is 10.1. The number of rotatable bonds is 6. The van der Waals surface area contributed by atoms with Gasteiger partial charge in [-0.15, -0.1) is 11.3 Å². The Bertz CT molecular complexity index is 983. The molecule has 1 aliphatic rings. The lowest BCUT2D eigenvalue weighted by Crippen LogP contribution is -2.16. The smallest absolute Gasteiger partial charge is 0.348 e. The summed E-state index contributed by atoms with van der Waals surface area (Å²) >= 11 is 0.994. The minimum absolute atomic E-state index is 0.135. The van der Waals surface area contributed by atoms with E-state index in [-0.39, 0.29) is 21.8 Å². The maximum Gasteiger partial charge on any atom is 0.348 e. The van der Waals surface area contributed by atoms with Crippen molar-refractivity contribution in [3.8, 4) is 11.5 Å². The zero-order valence-electron chi connectivity index (χ0n) is 15.6. The predicted octanol–water partition coefficient (Wildman–Crippen LogP) is 2.24. The predicted molar refractivity (Wildman–Crippen MR) is 100 cm³/mol. The average Bonchev–Trinajstić information content (AvgIpc) is 3.17. The summed E-state index contributed by atoms with van der Waals surface area (Å²) < 4.78 is 20.6. The maximum atomic E-state index is 12.4. The number of thiophene rings is 1. The summed E-state index contributed by atoms with van der Waals surface area (Å²) in [5, 5.41) is 3.27. The van der Waals surface area contributed by atoms with Gasteiger partial charge in [0.05, 0.1) is 26.9 Å². The lowest BCUT2D eigenvalue weighted by Gasteiger charge is -2.14. The molecule has 28 heavy (non-hydrogen) atoms. The number of anilines is 1. The van der Waals surface area contributed by atoms with Crippen LogP contribution in [-0.2, 0) is 9.47 Å². The van der Waals surface area contributed by atoms with E-state index in [1.54, 1.807) is 19.1 Å². The Hall–Kier alpha value is -3.27. The van der Waals surface area contributed by atoms with Gasteiger partial charge in [0, 0.05) is 5.56 Å². The number of nitrogens with two attached hydrogens (primary N) is 1. The van der Waals surface area contributed by atoms with Crippen LogP contribution in [0.3, 0.4) is 0 Å². The van der Waals surface area contributed by atoms with E-state index in [9.17, 15) is 14.4 Å². The van der Waals surface area contributed by atoms with Gasteiger partial charge in [-0.3, -0.25) is 4.79 Å². The molecule has 3 N–H and O–H groups in total. The number of benzene rings is 1. The molecule has 10 heteroatoms. The van der Waals surface area contributed by atoms with Crippen LogP contribution in [-0.4, -0.2) is 39.2 Å².